The maximum atomic E-state index is 5.47. The van der Waals surface area contributed by atoms with Crippen LogP contribution in [0.2, 0.25) is 0 Å². The van der Waals surface area contributed by atoms with E-state index in [1.807, 2.05) is 25.1 Å². The first-order valence-electron chi connectivity index (χ1n) is 9.14. The van der Waals surface area contributed by atoms with Crippen molar-refractivity contribution in [3.8, 4) is 5.75 Å². The average Bonchev–Trinajstić information content (AvgIpc) is 2.61. The summed E-state index contributed by atoms with van der Waals surface area (Å²) in [4.78, 5) is 11.9. The number of nitrogens with zero attached hydrogens (tertiary/aromatic N) is 3. The highest BCUT2D eigenvalue weighted by atomic mass is 16.5. The summed E-state index contributed by atoms with van der Waals surface area (Å²) in [5.41, 5.74) is 3.08. The third-order valence-corrected chi connectivity index (χ3v) is 4.82. The fraction of sp³-hybridized carbons (Fsp3) is 0.500. The minimum atomic E-state index is 0.539. The van der Waals surface area contributed by atoms with E-state index in [0.717, 1.165) is 41.9 Å². The van der Waals surface area contributed by atoms with Gasteiger partial charge in [-0.25, -0.2) is 4.98 Å². The van der Waals surface area contributed by atoms with Gasteiger partial charge >= 0.3 is 0 Å². The Balaban J connectivity index is 1.91. The number of benzene rings is 1. The Hall–Kier alpha value is -2.30. The molecule has 0 aliphatic carbocycles. The number of piperidine rings is 1. The molecule has 5 nitrogen and oxygen atoms in total. The number of ether oxygens (including phenoxy) is 1. The molecule has 2 heterocycles. The predicted octanol–water partition coefficient (Wildman–Crippen LogP) is 4.61. The zero-order valence-electron chi connectivity index (χ0n) is 15.7. The highest BCUT2D eigenvalue weighted by Crippen LogP contribution is 2.30. The van der Waals surface area contributed by atoms with E-state index >= 15 is 0 Å². The maximum absolute atomic E-state index is 5.47. The summed E-state index contributed by atoms with van der Waals surface area (Å²) in [6, 6.07) is 8.61. The molecule has 1 atom stereocenters. The van der Waals surface area contributed by atoms with Gasteiger partial charge < -0.3 is 15.0 Å². The zero-order chi connectivity index (χ0) is 17.8. The number of hydrogen-bond acceptors (Lipinski definition) is 5. The number of nitrogens with one attached hydrogen (secondary N) is 1. The Labute approximate surface area is 150 Å². The Bertz CT molecular complexity index is 732. The molecule has 1 fully saturated rings. The van der Waals surface area contributed by atoms with Crippen LogP contribution in [0.4, 0.5) is 17.5 Å². The summed E-state index contributed by atoms with van der Waals surface area (Å²) in [7, 11) is 1.69. The fourth-order valence-corrected chi connectivity index (χ4v) is 3.49. The van der Waals surface area contributed by atoms with Crippen LogP contribution in [0.5, 0.6) is 5.75 Å². The van der Waals surface area contributed by atoms with Crippen LogP contribution < -0.4 is 15.0 Å². The van der Waals surface area contributed by atoms with Gasteiger partial charge in [-0.15, -0.1) is 0 Å². The molecule has 1 N–H and O–H groups in total. The topological polar surface area (TPSA) is 50.3 Å². The largest absolute Gasteiger partial charge is 0.495 e. The molecule has 134 valence electrons. The van der Waals surface area contributed by atoms with Crippen molar-refractivity contribution in [2.45, 2.75) is 52.5 Å². The molecule has 1 aliphatic rings. The lowest BCUT2D eigenvalue weighted by atomic mass is 10.0. The Morgan fingerprint density at radius 1 is 1.20 bits per heavy atom. The van der Waals surface area contributed by atoms with Crippen LogP contribution >= 0.6 is 0 Å². The molecule has 2 aromatic rings. The molecule has 25 heavy (non-hydrogen) atoms. The molecule has 0 bridgehead atoms. The summed E-state index contributed by atoms with van der Waals surface area (Å²) in [5.74, 6) is 2.46. The van der Waals surface area contributed by atoms with Gasteiger partial charge in [-0.05, 0) is 57.2 Å². The van der Waals surface area contributed by atoms with Gasteiger partial charge in [0.15, 0.2) is 0 Å². The van der Waals surface area contributed by atoms with Crippen molar-refractivity contribution in [1.82, 2.24) is 9.97 Å². The van der Waals surface area contributed by atoms with Gasteiger partial charge in [0.1, 0.15) is 11.6 Å². The second kappa shape index (κ2) is 7.72. The molecule has 1 aliphatic heterocycles. The molecule has 1 aromatic heterocycles. The van der Waals surface area contributed by atoms with Crippen LogP contribution in [0.1, 0.15) is 43.9 Å². The van der Waals surface area contributed by atoms with E-state index in [0.29, 0.717) is 6.04 Å². The third-order valence-electron chi connectivity index (χ3n) is 4.82. The van der Waals surface area contributed by atoms with Gasteiger partial charge in [0, 0.05) is 24.3 Å². The summed E-state index contributed by atoms with van der Waals surface area (Å²) in [6.45, 7) is 7.38. The van der Waals surface area contributed by atoms with Crippen molar-refractivity contribution in [3.63, 3.8) is 0 Å². The standard InChI is InChI=1S/C20H28N4O/c1-5-16-8-6-7-11-24(16)20-21-15(3)13-19(23-20)22-17-12-14(2)9-10-18(17)25-4/h9-10,12-13,16H,5-8,11H2,1-4H3,(H,21,22,23). The van der Waals surface area contributed by atoms with Gasteiger partial charge in [0.25, 0.3) is 0 Å². The van der Waals surface area contributed by atoms with Gasteiger partial charge in [-0.2, -0.15) is 4.98 Å². The second-order valence-corrected chi connectivity index (χ2v) is 6.77. The molecule has 5 heteroatoms. The molecule has 1 aromatic carbocycles. The van der Waals surface area contributed by atoms with Crippen molar-refractivity contribution in [2.75, 3.05) is 23.9 Å². The lowest BCUT2D eigenvalue weighted by Gasteiger charge is -2.35. The lowest BCUT2D eigenvalue weighted by molar-refractivity contribution is 0.416. The SMILES string of the molecule is CCC1CCCCN1c1nc(C)cc(Nc2cc(C)ccc2OC)n1. The lowest BCUT2D eigenvalue weighted by Crippen LogP contribution is -2.40. The number of methoxy groups -OCH3 is 1. The number of aromatic nitrogens is 2. The van der Waals surface area contributed by atoms with Crippen LogP contribution in [-0.2, 0) is 0 Å². The normalized spacial score (nSPS) is 17.4. The van der Waals surface area contributed by atoms with E-state index < -0.39 is 0 Å². The van der Waals surface area contributed by atoms with Crippen LogP contribution in [-0.4, -0.2) is 29.7 Å². The number of anilines is 3. The molecule has 0 spiro atoms. The maximum Gasteiger partial charge on any atom is 0.227 e. The monoisotopic (exact) mass is 340 g/mol. The minimum absolute atomic E-state index is 0.539. The van der Waals surface area contributed by atoms with Crippen molar-refractivity contribution in [2.24, 2.45) is 0 Å². The Kier molecular flexibility index (Phi) is 5.41. The van der Waals surface area contributed by atoms with Crippen LogP contribution in [0, 0.1) is 13.8 Å². The summed E-state index contributed by atoms with van der Waals surface area (Å²) in [6.07, 6.45) is 4.86. The van der Waals surface area contributed by atoms with Crippen molar-refractivity contribution < 1.29 is 4.74 Å². The smallest absolute Gasteiger partial charge is 0.227 e. The van der Waals surface area contributed by atoms with E-state index in [1.54, 1.807) is 7.11 Å². The zero-order valence-corrected chi connectivity index (χ0v) is 15.7. The summed E-state index contributed by atoms with van der Waals surface area (Å²) in [5, 5.41) is 3.41. The van der Waals surface area contributed by atoms with Crippen molar-refractivity contribution >= 4 is 17.5 Å². The molecule has 1 unspecified atom stereocenters. The van der Waals surface area contributed by atoms with E-state index in [2.05, 4.69) is 30.1 Å². The Morgan fingerprint density at radius 3 is 2.80 bits per heavy atom. The third kappa shape index (κ3) is 4.03. The van der Waals surface area contributed by atoms with Crippen molar-refractivity contribution in [3.05, 3.63) is 35.5 Å². The fourth-order valence-electron chi connectivity index (χ4n) is 3.49. The molecule has 1 saturated heterocycles. The average molecular weight is 340 g/mol. The van der Waals surface area contributed by atoms with E-state index in [1.165, 1.54) is 24.8 Å². The van der Waals surface area contributed by atoms with Gasteiger partial charge in [0.05, 0.1) is 12.8 Å². The van der Waals surface area contributed by atoms with E-state index in [9.17, 15) is 0 Å². The van der Waals surface area contributed by atoms with Gasteiger partial charge in [0.2, 0.25) is 5.95 Å². The second-order valence-electron chi connectivity index (χ2n) is 6.77. The highest BCUT2D eigenvalue weighted by molar-refractivity contribution is 5.66. The molecule has 0 saturated carbocycles. The van der Waals surface area contributed by atoms with Gasteiger partial charge in [-0.1, -0.05) is 13.0 Å². The number of aryl methyl sites for hydroxylation is 2. The molecule has 0 radical (unpaired) electrons. The first kappa shape index (κ1) is 17.5. The van der Waals surface area contributed by atoms with E-state index in [-0.39, 0.29) is 0 Å². The predicted molar refractivity (Wildman–Crippen MR) is 103 cm³/mol. The number of hydrogen-bond donors (Lipinski definition) is 1. The van der Waals surface area contributed by atoms with Crippen LogP contribution in [0.3, 0.4) is 0 Å². The van der Waals surface area contributed by atoms with E-state index in [4.69, 9.17) is 14.7 Å². The first-order chi connectivity index (χ1) is 12.1. The number of rotatable bonds is 5. The quantitative estimate of drug-likeness (QED) is 0.861. The minimum Gasteiger partial charge on any atom is -0.495 e. The first-order valence-corrected chi connectivity index (χ1v) is 9.14. The van der Waals surface area contributed by atoms with Gasteiger partial charge in [-0.3, -0.25) is 0 Å². The summed E-state index contributed by atoms with van der Waals surface area (Å²) < 4.78 is 5.47. The van der Waals surface area contributed by atoms with Crippen LogP contribution in [0.25, 0.3) is 0 Å². The molecular formula is C20H28N4O. The molecule has 0 amide bonds. The highest BCUT2D eigenvalue weighted by Gasteiger charge is 2.23. The van der Waals surface area contributed by atoms with Crippen LogP contribution in [0.15, 0.2) is 24.3 Å². The molecular weight excluding hydrogens is 312 g/mol. The summed E-state index contributed by atoms with van der Waals surface area (Å²) >= 11 is 0. The Morgan fingerprint density at radius 2 is 2.04 bits per heavy atom. The van der Waals surface area contributed by atoms with Crippen molar-refractivity contribution in [1.29, 1.82) is 0 Å². The molecule has 3 rings (SSSR count).